The van der Waals surface area contributed by atoms with Crippen LogP contribution in [0.4, 0.5) is 5.69 Å². The van der Waals surface area contributed by atoms with Crippen molar-refractivity contribution in [3.8, 4) is 5.75 Å². The van der Waals surface area contributed by atoms with Crippen molar-refractivity contribution in [2.45, 2.75) is 79.1 Å². The third-order valence-electron chi connectivity index (χ3n) is 9.64. The van der Waals surface area contributed by atoms with Crippen LogP contribution in [-0.4, -0.2) is 72.3 Å². The number of halogens is 1. The van der Waals surface area contributed by atoms with E-state index in [4.69, 9.17) is 32.4 Å². The molecule has 9 heteroatoms. The van der Waals surface area contributed by atoms with E-state index in [0.29, 0.717) is 35.5 Å². The van der Waals surface area contributed by atoms with Crippen LogP contribution in [0.1, 0.15) is 61.3 Å². The van der Waals surface area contributed by atoms with Crippen LogP contribution in [0.15, 0.2) is 42.1 Å². The van der Waals surface area contributed by atoms with Gasteiger partial charge in [-0.05, 0) is 57.7 Å². The summed E-state index contributed by atoms with van der Waals surface area (Å²) in [6.07, 6.45) is 8.40. The SMILES string of the molecule is [C-]#[N+]c1ccc(OC2C(C)(C)C(N3CC4C=C(N5CCC(COCC(=O)OC(C)(C)C)CC5)C=CC4C3=O)C2(C)C)cc1Cl. The van der Waals surface area contributed by atoms with E-state index >= 15 is 0 Å². The van der Waals surface area contributed by atoms with E-state index in [1.54, 1.807) is 18.2 Å². The van der Waals surface area contributed by atoms with E-state index in [2.05, 4.69) is 60.6 Å². The summed E-state index contributed by atoms with van der Waals surface area (Å²) in [6.45, 7) is 24.6. The highest BCUT2D eigenvalue weighted by Crippen LogP contribution is 2.59. The van der Waals surface area contributed by atoms with E-state index < -0.39 is 5.60 Å². The Bertz CT molecular complexity index is 1360. The van der Waals surface area contributed by atoms with Crippen molar-refractivity contribution in [1.82, 2.24) is 9.80 Å². The number of allylic oxidation sites excluding steroid dienone is 1. The lowest BCUT2D eigenvalue weighted by atomic mass is 9.49. The van der Waals surface area contributed by atoms with Gasteiger partial charge < -0.3 is 24.0 Å². The van der Waals surface area contributed by atoms with Crippen molar-refractivity contribution in [2.75, 3.05) is 32.8 Å². The van der Waals surface area contributed by atoms with Gasteiger partial charge in [-0.1, -0.05) is 57.5 Å². The van der Waals surface area contributed by atoms with Crippen LogP contribution in [0.25, 0.3) is 4.85 Å². The molecule has 1 amide bonds. The molecule has 2 aliphatic heterocycles. The Morgan fingerprint density at radius 2 is 1.82 bits per heavy atom. The highest BCUT2D eigenvalue weighted by molar-refractivity contribution is 6.33. The largest absolute Gasteiger partial charge is 0.489 e. The molecular weight excluding hydrogens is 578 g/mol. The minimum absolute atomic E-state index is 0.00875. The van der Waals surface area contributed by atoms with Crippen molar-refractivity contribution in [2.24, 2.45) is 28.6 Å². The standard InChI is InChI=1S/C35H46ClN3O5/c1-33(2,3)44-29(40)21-42-20-22-13-15-38(16-14-22)24-9-11-26-23(17-24)19-39(30(26)41)31-34(4,5)32(35(31,6)7)43-25-10-12-28(37-8)27(36)18-25/h9-12,17-18,22-23,26,31-32H,13-16,19-21H2,1-7H3. The molecule has 4 aliphatic rings. The summed E-state index contributed by atoms with van der Waals surface area (Å²) in [5.41, 5.74) is 0.547. The number of hydrogen-bond donors (Lipinski definition) is 0. The Hall–Kier alpha value is -3.02. The maximum atomic E-state index is 13.8. The number of carbonyl (C=O) groups excluding carboxylic acids is 2. The van der Waals surface area contributed by atoms with Crippen LogP contribution in [-0.2, 0) is 19.1 Å². The van der Waals surface area contributed by atoms with Gasteiger partial charge in [-0.2, -0.15) is 0 Å². The molecule has 44 heavy (non-hydrogen) atoms. The molecule has 0 radical (unpaired) electrons. The van der Waals surface area contributed by atoms with Crippen LogP contribution in [0.2, 0.25) is 5.02 Å². The van der Waals surface area contributed by atoms with Crippen LogP contribution in [0, 0.1) is 35.2 Å². The minimum atomic E-state index is -0.503. The van der Waals surface area contributed by atoms with Crippen molar-refractivity contribution in [3.05, 3.63) is 58.6 Å². The molecule has 0 spiro atoms. The first kappa shape index (κ1) is 32.4. The smallest absolute Gasteiger partial charge is 0.332 e. The summed E-state index contributed by atoms with van der Waals surface area (Å²) in [5, 5.41) is 0.382. The van der Waals surface area contributed by atoms with Crippen LogP contribution >= 0.6 is 11.6 Å². The number of piperidine rings is 1. The third-order valence-corrected chi connectivity index (χ3v) is 9.94. The zero-order chi connectivity index (χ0) is 32.0. The van der Waals surface area contributed by atoms with E-state index in [1.165, 1.54) is 5.70 Å². The number of likely N-dealkylation sites (tertiary alicyclic amines) is 2. The first-order valence-electron chi connectivity index (χ1n) is 15.7. The Morgan fingerprint density at radius 1 is 1.14 bits per heavy atom. The molecule has 2 aliphatic carbocycles. The Labute approximate surface area is 267 Å². The lowest BCUT2D eigenvalue weighted by molar-refractivity contribution is -0.208. The van der Waals surface area contributed by atoms with E-state index in [1.807, 2.05) is 20.8 Å². The lowest BCUT2D eigenvalue weighted by Crippen LogP contribution is -2.75. The molecule has 2 atom stereocenters. The molecule has 2 unspecified atom stereocenters. The summed E-state index contributed by atoms with van der Waals surface area (Å²) in [6, 6.07) is 5.22. The van der Waals surface area contributed by atoms with Gasteiger partial charge in [0.15, 0.2) is 0 Å². The van der Waals surface area contributed by atoms with Gasteiger partial charge in [-0.3, -0.25) is 4.79 Å². The van der Waals surface area contributed by atoms with Crippen molar-refractivity contribution in [3.63, 3.8) is 0 Å². The number of rotatable bonds is 8. The zero-order valence-electron chi connectivity index (χ0n) is 27.1. The minimum Gasteiger partial charge on any atom is -0.489 e. The predicted octanol–water partition coefficient (Wildman–Crippen LogP) is 6.67. The Morgan fingerprint density at radius 3 is 2.43 bits per heavy atom. The molecule has 238 valence electrons. The fraction of sp³-hybridized carbons (Fsp3) is 0.629. The Kier molecular flexibility index (Phi) is 8.87. The van der Waals surface area contributed by atoms with Crippen LogP contribution in [0.3, 0.4) is 0 Å². The van der Waals surface area contributed by atoms with Crippen LogP contribution in [0.5, 0.6) is 5.75 Å². The van der Waals surface area contributed by atoms with E-state index in [0.717, 1.165) is 25.9 Å². The number of nitrogens with zero attached hydrogens (tertiary/aromatic N) is 3. The molecule has 8 nitrogen and oxygen atoms in total. The maximum Gasteiger partial charge on any atom is 0.332 e. The second kappa shape index (κ2) is 12.1. The molecule has 1 saturated carbocycles. The fourth-order valence-electron chi connectivity index (χ4n) is 8.15. The van der Waals surface area contributed by atoms with Crippen LogP contribution < -0.4 is 4.74 Å². The number of hydrogen-bond acceptors (Lipinski definition) is 6. The Balaban J connectivity index is 1.17. The molecule has 3 fully saturated rings. The first-order chi connectivity index (χ1) is 20.6. The normalized spacial score (nSPS) is 27.7. The van der Waals surface area contributed by atoms with Gasteiger partial charge >= 0.3 is 5.97 Å². The number of fused-ring (bicyclic) bond motifs is 1. The van der Waals surface area contributed by atoms with Gasteiger partial charge in [0.25, 0.3) is 0 Å². The molecule has 1 aromatic rings. The molecule has 0 aromatic heterocycles. The number of esters is 1. The average Bonchev–Trinajstić information content (AvgIpc) is 3.25. The third kappa shape index (κ3) is 6.37. The molecule has 2 saturated heterocycles. The van der Waals surface area contributed by atoms with Crippen molar-refractivity contribution >= 4 is 29.2 Å². The van der Waals surface area contributed by atoms with Gasteiger partial charge in [0.1, 0.15) is 24.1 Å². The number of ether oxygens (including phenoxy) is 3. The molecule has 0 N–H and O–H groups in total. The monoisotopic (exact) mass is 623 g/mol. The average molecular weight is 624 g/mol. The molecule has 0 bridgehead atoms. The quantitative estimate of drug-likeness (QED) is 0.238. The summed E-state index contributed by atoms with van der Waals surface area (Å²) in [5.74, 6) is 0.931. The second-order valence-electron chi connectivity index (χ2n) is 14.9. The lowest BCUT2D eigenvalue weighted by Gasteiger charge is -2.65. The summed E-state index contributed by atoms with van der Waals surface area (Å²) >= 11 is 6.28. The van der Waals surface area contributed by atoms with Crippen molar-refractivity contribution in [1.29, 1.82) is 0 Å². The molecular formula is C35H46ClN3O5. The van der Waals surface area contributed by atoms with Gasteiger partial charge in [0.05, 0.1) is 24.1 Å². The van der Waals surface area contributed by atoms with Crippen molar-refractivity contribution < 1.29 is 23.8 Å². The predicted molar refractivity (Wildman–Crippen MR) is 170 cm³/mol. The van der Waals surface area contributed by atoms with Gasteiger partial charge in [-0.25, -0.2) is 9.64 Å². The number of benzene rings is 1. The summed E-state index contributed by atoms with van der Waals surface area (Å²) < 4.78 is 17.5. The zero-order valence-corrected chi connectivity index (χ0v) is 27.8. The maximum absolute atomic E-state index is 13.8. The van der Waals surface area contributed by atoms with E-state index in [9.17, 15) is 9.59 Å². The highest BCUT2D eigenvalue weighted by Gasteiger charge is 2.67. The molecule has 5 rings (SSSR count). The fourth-order valence-corrected chi connectivity index (χ4v) is 8.36. The second-order valence-corrected chi connectivity index (χ2v) is 15.3. The topological polar surface area (TPSA) is 72.7 Å². The summed E-state index contributed by atoms with van der Waals surface area (Å²) in [4.78, 5) is 33.7. The first-order valence-corrected chi connectivity index (χ1v) is 16.1. The van der Waals surface area contributed by atoms with Gasteiger partial charge in [0.2, 0.25) is 11.6 Å². The van der Waals surface area contributed by atoms with Gasteiger partial charge in [-0.15, -0.1) is 0 Å². The number of carbonyl (C=O) groups is 2. The summed E-state index contributed by atoms with van der Waals surface area (Å²) in [7, 11) is 0. The highest BCUT2D eigenvalue weighted by atomic mass is 35.5. The molecule has 1 aromatic carbocycles. The van der Waals surface area contributed by atoms with E-state index in [-0.39, 0.29) is 53.3 Å². The number of amides is 1. The van der Waals surface area contributed by atoms with Gasteiger partial charge in [0, 0.05) is 48.1 Å². The molecule has 2 heterocycles.